The Balaban J connectivity index is 1.95. The zero-order valence-corrected chi connectivity index (χ0v) is 12.4. The van der Waals surface area contributed by atoms with Crippen LogP contribution in [0.3, 0.4) is 0 Å². The van der Waals surface area contributed by atoms with Crippen molar-refractivity contribution in [3.8, 4) is 5.75 Å². The van der Waals surface area contributed by atoms with Crippen LogP contribution in [0.15, 0.2) is 42.5 Å². The van der Waals surface area contributed by atoms with Crippen molar-refractivity contribution in [2.45, 2.75) is 18.4 Å². The summed E-state index contributed by atoms with van der Waals surface area (Å²) in [5.41, 5.74) is 8.61. The monoisotopic (exact) mass is 307 g/mol. The average Bonchev–Trinajstić information content (AvgIpc) is 2.49. The van der Waals surface area contributed by atoms with Crippen molar-refractivity contribution in [3.63, 3.8) is 0 Å². The Morgan fingerprint density at radius 1 is 1.10 bits per heavy atom. The minimum Gasteiger partial charge on any atom is -0.493 e. The van der Waals surface area contributed by atoms with Crippen LogP contribution in [0.5, 0.6) is 5.75 Å². The Morgan fingerprint density at radius 2 is 1.90 bits per heavy atom. The van der Waals surface area contributed by atoms with Gasteiger partial charge in [-0.25, -0.2) is 0 Å². The lowest BCUT2D eigenvalue weighted by Crippen LogP contribution is -2.25. The molecule has 2 N–H and O–H groups in total. The highest BCUT2D eigenvalue weighted by Crippen LogP contribution is 2.40. The highest BCUT2D eigenvalue weighted by Gasteiger charge is 2.27. The Hall–Kier alpha value is -1.22. The van der Waals surface area contributed by atoms with Crippen molar-refractivity contribution in [3.05, 3.63) is 63.6 Å². The summed E-state index contributed by atoms with van der Waals surface area (Å²) in [6.45, 7) is 0.691. The first kappa shape index (κ1) is 13.7. The molecule has 20 heavy (non-hydrogen) atoms. The Morgan fingerprint density at radius 3 is 2.70 bits per heavy atom. The molecular weight excluding hydrogens is 293 g/mol. The molecule has 0 amide bonds. The van der Waals surface area contributed by atoms with Gasteiger partial charge in [0.15, 0.2) is 0 Å². The average molecular weight is 308 g/mol. The fourth-order valence-corrected chi connectivity index (χ4v) is 3.00. The molecule has 1 aliphatic rings. The maximum atomic E-state index is 6.45. The minimum absolute atomic E-state index is 0.116. The molecule has 0 saturated carbocycles. The number of halogens is 2. The van der Waals surface area contributed by atoms with Crippen LogP contribution in [0, 0.1) is 0 Å². The number of hydrogen-bond acceptors (Lipinski definition) is 2. The van der Waals surface area contributed by atoms with Gasteiger partial charge in [-0.05, 0) is 35.7 Å². The molecule has 0 aromatic heterocycles. The Bertz CT molecular complexity index is 630. The zero-order chi connectivity index (χ0) is 14.1. The smallest absolute Gasteiger partial charge is 0.122 e. The van der Waals surface area contributed by atoms with Gasteiger partial charge in [0.25, 0.3) is 0 Å². The molecule has 2 atom stereocenters. The van der Waals surface area contributed by atoms with E-state index in [9.17, 15) is 0 Å². The number of benzene rings is 2. The summed E-state index contributed by atoms with van der Waals surface area (Å²) in [6.07, 6.45) is 0.901. The van der Waals surface area contributed by atoms with Crippen LogP contribution in [0.25, 0.3) is 0 Å². The predicted octanol–water partition coefficient (Wildman–Crippen LogP) is 4.56. The topological polar surface area (TPSA) is 35.2 Å². The third kappa shape index (κ3) is 2.51. The molecule has 2 nitrogen and oxygen atoms in total. The molecule has 1 aliphatic heterocycles. The van der Waals surface area contributed by atoms with Crippen LogP contribution < -0.4 is 10.5 Å². The van der Waals surface area contributed by atoms with E-state index < -0.39 is 0 Å². The van der Waals surface area contributed by atoms with E-state index in [4.69, 9.17) is 33.7 Å². The van der Waals surface area contributed by atoms with Gasteiger partial charge in [-0.15, -0.1) is 0 Å². The van der Waals surface area contributed by atoms with Crippen molar-refractivity contribution < 1.29 is 4.74 Å². The summed E-state index contributed by atoms with van der Waals surface area (Å²) in [5.74, 6) is 1.16. The summed E-state index contributed by atoms with van der Waals surface area (Å²) in [5, 5.41) is 1.09. The van der Waals surface area contributed by atoms with Crippen LogP contribution in [0.4, 0.5) is 0 Å². The second-order valence-electron chi connectivity index (χ2n) is 4.98. The third-order valence-electron chi connectivity index (χ3n) is 3.77. The van der Waals surface area contributed by atoms with Gasteiger partial charge in [0.2, 0.25) is 0 Å². The second kappa shape index (κ2) is 5.65. The first-order valence-corrected chi connectivity index (χ1v) is 7.34. The number of para-hydroxylation sites is 1. The number of fused-ring (bicyclic) bond motifs is 1. The zero-order valence-electron chi connectivity index (χ0n) is 10.9. The van der Waals surface area contributed by atoms with Crippen LogP contribution in [0.1, 0.15) is 29.5 Å². The van der Waals surface area contributed by atoms with Gasteiger partial charge >= 0.3 is 0 Å². The van der Waals surface area contributed by atoms with E-state index in [1.54, 1.807) is 6.07 Å². The summed E-state index contributed by atoms with van der Waals surface area (Å²) in [4.78, 5) is 0. The molecule has 4 heteroatoms. The molecular formula is C16H15Cl2NO. The van der Waals surface area contributed by atoms with Crippen molar-refractivity contribution in [2.75, 3.05) is 6.61 Å². The first-order chi connectivity index (χ1) is 9.66. The van der Waals surface area contributed by atoms with E-state index >= 15 is 0 Å². The van der Waals surface area contributed by atoms with Crippen LogP contribution in [0.2, 0.25) is 10.0 Å². The van der Waals surface area contributed by atoms with Gasteiger partial charge < -0.3 is 10.5 Å². The minimum atomic E-state index is -0.116. The normalized spacial score (nSPS) is 19.1. The molecule has 0 aliphatic carbocycles. The Kier molecular flexibility index (Phi) is 3.88. The standard InChI is InChI=1S/C16H15Cl2NO/c17-13-6-5-10(9-14(13)18)16(19)12-7-8-20-15-4-2-1-3-11(12)15/h1-6,9,12,16H,7-8,19H2. The van der Waals surface area contributed by atoms with Crippen LogP contribution in [-0.2, 0) is 0 Å². The number of ether oxygens (including phenoxy) is 1. The molecule has 2 unspecified atom stereocenters. The van der Waals surface area contributed by atoms with Gasteiger partial charge in [-0.1, -0.05) is 47.5 Å². The summed E-state index contributed by atoms with van der Waals surface area (Å²) in [7, 11) is 0. The summed E-state index contributed by atoms with van der Waals surface area (Å²) in [6, 6.07) is 13.5. The molecule has 2 aromatic carbocycles. The lowest BCUT2D eigenvalue weighted by molar-refractivity contribution is 0.255. The molecule has 0 saturated heterocycles. The van der Waals surface area contributed by atoms with Crippen LogP contribution >= 0.6 is 23.2 Å². The van der Waals surface area contributed by atoms with Gasteiger partial charge in [0.1, 0.15) is 5.75 Å². The van der Waals surface area contributed by atoms with Crippen molar-refractivity contribution in [1.29, 1.82) is 0 Å². The molecule has 0 radical (unpaired) electrons. The van der Waals surface area contributed by atoms with Crippen molar-refractivity contribution >= 4 is 23.2 Å². The first-order valence-electron chi connectivity index (χ1n) is 6.59. The Labute approximate surface area is 128 Å². The van der Waals surface area contributed by atoms with E-state index in [1.807, 2.05) is 30.3 Å². The molecule has 2 aromatic rings. The highest BCUT2D eigenvalue weighted by atomic mass is 35.5. The number of hydrogen-bond donors (Lipinski definition) is 1. The molecule has 104 valence electrons. The van der Waals surface area contributed by atoms with Crippen molar-refractivity contribution in [2.24, 2.45) is 5.73 Å². The lowest BCUT2D eigenvalue weighted by atomic mass is 9.84. The largest absolute Gasteiger partial charge is 0.493 e. The van der Waals surface area contributed by atoms with Gasteiger partial charge in [-0.3, -0.25) is 0 Å². The molecule has 0 bridgehead atoms. The number of nitrogens with two attached hydrogens (primary N) is 1. The second-order valence-corrected chi connectivity index (χ2v) is 5.80. The maximum Gasteiger partial charge on any atom is 0.122 e. The van der Waals surface area contributed by atoms with Gasteiger partial charge in [0, 0.05) is 12.0 Å². The summed E-state index contributed by atoms with van der Waals surface area (Å²) < 4.78 is 5.68. The molecule has 1 heterocycles. The lowest BCUT2D eigenvalue weighted by Gasteiger charge is -2.30. The fraction of sp³-hybridized carbons (Fsp3) is 0.250. The van der Waals surface area contributed by atoms with E-state index in [-0.39, 0.29) is 12.0 Å². The van der Waals surface area contributed by atoms with Crippen LogP contribution in [-0.4, -0.2) is 6.61 Å². The van der Waals surface area contributed by atoms with E-state index in [2.05, 4.69) is 6.07 Å². The predicted molar refractivity (Wildman–Crippen MR) is 82.7 cm³/mol. The molecule has 3 rings (SSSR count). The number of rotatable bonds is 2. The van der Waals surface area contributed by atoms with E-state index in [1.165, 1.54) is 0 Å². The molecule has 0 spiro atoms. The van der Waals surface area contributed by atoms with Gasteiger partial charge in [-0.2, -0.15) is 0 Å². The highest BCUT2D eigenvalue weighted by molar-refractivity contribution is 6.42. The van der Waals surface area contributed by atoms with Gasteiger partial charge in [0.05, 0.1) is 16.7 Å². The molecule has 0 fully saturated rings. The SMILES string of the molecule is NC(c1ccc(Cl)c(Cl)c1)C1CCOc2ccccc21. The summed E-state index contributed by atoms with van der Waals surface area (Å²) >= 11 is 12.0. The van der Waals surface area contributed by atoms with E-state index in [0.717, 1.165) is 23.3 Å². The third-order valence-corrected chi connectivity index (χ3v) is 4.51. The fourth-order valence-electron chi connectivity index (χ4n) is 2.69. The van der Waals surface area contributed by atoms with E-state index in [0.29, 0.717) is 16.7 Å². The quantitative estimate of drug-likeness (QED) is 0.882. The van der Waals surface area contributed by atoms with Crippen molar-refractivity contribution in [1.82, 2.24) is 0 Å². The maximum absolute atomic E-state index is 6.45.